The number of H-pyrrole nitrogens is 1. The SMILES string of the molecule is C#CC(C)(O)Cc1c[nH]c2ncnc(N3CCC(c4nc(-c5ccc(F)c(C(F)(F)F)c5)cn4C)CC3)c12. The lowest BCUT2D eigenvalue weighted by atomic mass is 9.95. The van der Waals surface area contributed by atoms with Crippen molar-refractivity contribution in [2.24, 2.45) is 7.05 Å². The van der Waals surface area contributed by atoms with Crippen molar-refractivity contribution in [1.82, 2.24) is 24.5 Å². The maximum atomic E-state index is 13.8. The molecule has 198 valence electrons. The fourth-order valence-electron chi connectivity index (χ4n) is 5.06. The second-order valence-corrected chi connectivity index (χ2v) is 9.88. The summed E-state index contributed by atoms with van der Waals surface area (Å²) in [5.74, 6) is 2.69. The van der Waals surface area contributed by atoms with Crippen LogP contribution >= 0.6 is 0 Å². The number of nitrogens with zero attached hydrogens (tertiary/aromatic N) is 5. The van der Waals surface area contributed by atoms with E-state index >= 15 is 0 Å². The van der Waals surface area contributed by atoms with Crippen LogP contribution in [0.1, 0.15) is 42.6 Å². The summed E-state index contributed by atoms with van der Waals surface area (Å²) < 4.78 is 55.2. The van der Waals surface area contributed by atoms with E-state index in [-0.39, 0.29) is 17.9 Å². The highest BCUT2D eigenvalue weighted by Crippen LogP contribution is 2.37. The molecule has 1 saturated heterocycles. The van der Waals surface area contributed by atoms with Crippen LogP contribution in [0.4, 0.5) is 23.4 Å². The number of fused-ring (bicyclic) bond motifs is 1. The van der Waals surface area contributed by atoms with Gasteiger partial charge in [0.2, 0.25) is 0 Å². The number of alkyl halides is 3. The summed E-state index contributed by atoms with van der Waals surface area (Å²) in [7, 11) is 1.81. The Morgan fingerprint density at radius 3 is 2.63 bits per heavy atom. The summed E-state index contributed by atoms with van der Waals surface area (Å²) in [6.07, 6.45) is 7.38. The molecule has 2 N–H and O–H groups in total. The van der Waals surface area contributed by atoms with E-state index in [1.807, 2.05) is 11.6 Å². The Hall–Kier alpha value is -3.91. The first-order chi connectivity index (χ1) is 18.0. The Balaban J connectivity index is 1.36. The number of halogens is 4. The number of benzene rings is 1. The molecule has 0 radical (unpaired) electrons. The number of hydrogen-bond acceptors (Lipinski definition) is 5. The fourth-order valence-corrected chi connectivity index (χ4v) is 5.06. The lowest BCUT2D eigenvalue weighted by molar-refractivity contribution is -0.139. The summed E-state index contributed by atoms with van der Waals surface area (Å²) in [4.78, 5) is 18.8. The summed E-state index contributed by atoms with van der Waals surface area (Å²) in [5, 5.41) is 11.2. The average molecular weight is 527 g/mol. The number of aromatic nitrogens is 5. The van der Waals surface area contributed by atoms with Crippen molar-refractivity contribution in [2.45, 2.75) is 43.9 Å². The molecule has 1 fully saturated rings. The second kappa shape index (κ2) is 9.44. The van der Waals surface area contributed by atoms with Crippen molar-refractivity contribution in [3.63, 3.8) is 0 Å². The molecule has 11 heteroatoms. The van der Waals surface area contributed by atoms with Gasteiger partial charge in [-0.05, 0) is 43.5 Å². The minimum atomic E-state index is -4.78. The first-order valence-corrected chi connectivity index (χ1v) is 12.1. The zero-order valence-corrected chi connectivity index (χ0v) is 20.8. The molecule has 1 aliphatic rings. The minimum Gasteiger partial charge on any atom is -0.378 e. The Morgan fingerprint density at radius 2 is 1.95 bits per heavy atom. The number of aliphatic hydroxyl groups is 1. The van der Waals surface area contributed by atoms with Gasteiger partial charge in [0.1, 0.15) is 35.0 Å². The van der Waals surface area contributed by atoms with Crippen LogP contribution in [0.25, 0.3) is 22.3 Å². The van der Waals surface area contributed by atoms with Gasteiger partial charge in [0.15, 0.2) is 0 Å². The largest absolute Gasteiger partial charge is 0.419 e. The first-order valence-electron chi connectivity index (χ1n) is 12.1. The average Bonchev–Trinajstić information content (AvgIpc) is 3.47. The van der Waals surface area contributed by atoms with Gasteiger partial charge in [-0.25, -0.2) is 19.3 Å². The van der Waals surface area contributed by atoms with Crippen LogP contribution in [-0.4, -0.2) is 48.3 Å². The molecule has 0 amide bonds. The molecule has 1 unspecified atom stereocenters. The predicted octanol–water partition coefficient (Wildman–Crippen LogP) is 4.83. The van der Waals surface area contributed by atoms with Crippen LogP contribution in [0.2, 0.25) is 0 Å². The molecule has 38 heavy (non-hydrogen) atoms. The van der Waals surface area contributed by atoms with Crippen LogP contribution in [-0.2, 0) is 19.6 Å². The van der Waals surface area contributed by atoms with E-state index in [0.717, 1.165) is 47.6 Å². The zero-order chi connectivity index (χ0) is 27.2. The molecule has 1 aromatic carbocycles. The number of hydrogen-bond donors (Lipinski definition) is 2. The van der Waals surface area contributed by atoms with Gasteiger partial charge in [0, 0.05) is 50.4 Å². The molecule has 0 spiro atoms. The first kappa shape index (κ1) is 25.7. The number of terminal acetylenes is 1. The quantitative estimate of drug-likeness (QED) is 0.288. The van der Waals surface area contributed by atoms with E-state index in [4.69, 9.17) is 6.42 Å². The molecule has 4 heterocycles. The Labute approximate surface area is 216 Å². The van der Waals surface area contributed by atoms with E-state index in [9.17, 15) is 22.7 Å². The molecule has 3 aromatic heterocycles. The van der Waals surface area contributed by atoms with Gasteiger partial charge in [0.05, 0.1) is 16.6 Å². The number of rotatable bonds is 5. The van der Waals surface area contributed by atoms with Crippen LogP contribution in [0.15, 0.2) is 36.9 Å². The minimum absolute atomic E-state index is 0.0812. The number of anilines is 1. The van der Waals surface area contributed by atoms with Crippen LogP contribution in [0, 0.1) is 18.2 Å². The normalized spacial score (nSPS) is 16.5. The van der Waals surface area contributed by atoms with Crippen molar-refractivity contribution in [3.8, 4) is 23.6 Å². The molecule has 0 aliphatic carbocycles. The number of aryl methyl sites for hydroxylation is 1. The van der Waals surface area contributed by atoms with E-state index in [1.165, 1.54) is 12.4 Å². The van der Waals surface area contributed by atoms with Gasteiger partial charge in [-0.3, -0.25) is 0 Å². The van der Waals surface area contributed by atoms with E-state index in [0.29, 0.717) is 24.4 Å². The molecular weight excluding hydrogens is 500 g/mol. The highest BCUT2D eigenvalue weighted by molar-refractivity contribution is 5.91. The third-order valence-electron chi connectivity index (χ3n) is 7.02. The number of piperidine rings is 1. The summed E-state index contributed by atoms with van der Waals surface area (Å²) >= 11 is 0. The van der Waals surface area contributed by atoms with Crippen LogP contribution in [0.3, 0.4) is 0 Å². The highest BCUT2D eigenvalue weighted by atomic mass is 19.4. The standard InChI is InChI=1S/C27H26F4N6O/c1-4-26(2,38)12-18-13-32-23-22(18)25(34-15-33-23)37-9-7-16(8-10-37)24-35-21(14-36(24)3)17-5-6-20(28)19(11-17)27(29,30)31/h1,5-6,11,13-16,38H,7-10,12H2,2-3H3,(H,32,33,34). The van der Waals surface area contributed by atoms with E-state index in [1.54, 1.807) is 19.3 Å². The number of imidazole rings is 1. The number of aromatic amines is 1. The molecule has 4 aromatic rings. The lowest BCUT2D eigenvalue weighted by Crippen LogP contribution is -2.34. The Morgan fingerprint density at radius 1 is 1.21 bits per heavy atom. The van der Waals surface area contributed by atoms with Crippen molar-refractivity contribution in [1.29, 1.82) is 0 Å². The summed E-state index contributed by atoms with van der Waals surface area (Å²) in [5.41, 5.74) is -0.552. The van der Waals surface area contributed by atoms with E-state index < -0.39 is 23.2 Å². The van der Waals surface area contributed by atoms with Crippen molar-refractivity contribution >= 4 is 16.9 Å². The maximum Gasteiger partial charge on any atom is 0.419 e. The van der Waals surface area contributed by atoms with Gasteiger partial charge in [-0.15, -0.1) is 6.42 Å². The highest BCUT2D eigenvalue weighted by Gasteiger charge is 2.35. The summed E-state index contributed by atoms with van der Waals surface area (Å²) in [6.45, 7) is 2.92. The third kappa shape index (κ3) is 4.84. The van der Waals surface area contributed by atoms with Gasteiger partial charge in [0.25, 0.3) is 0 Å². The van der Waals surface area contributed by atoms with Gasteiger partial charge >= 0.3 is 6.18 Å². The molecule has 7 nitrogen and oxygen atoms in total. The van der Waals surface area contributed by atoms with Gasteiger partial charge in [-0.1, -0.05) is 5.92 Å². The molecule has 0 saturated carbocycles. The third-order valence-corrected chi connectivity index (χ3v) is 7.02. The van der Waals surface area contributed by atoms with Crippen LogP contribution in [0.5, 0.6) is 0 Å². The molecular formula is C27H26F4N6O. The van der Waals surface area contributed by atoms with Gasteiger partial charge < -0.3 is 19.6 Å². The molecule has 5 rings (SSSR count). The molecule has 1 atom stereocenters. The number of nitrogens with one attached hydrogen (secondary N) is 1. The van der Waals surface area contributed by atoms with Crippen molar-refractivity contribution in [3.05, 3.63) is 59.7 Å². The van der Waals surface area contributed by atoms with Crippen LogP contribution < -0.4 is 4.90 Å². The topological polar surface area (TPSA) is 82.9 Å². The Bertz CT molecular complexity index is 1520. The fraction of sp³-hybridized carbons (Fsp3) is 0.370. The smallest absolute Gasteiger partial charge is 0.378 e. The van der Waals surface area contributed by atoms with Crippen molar-refractivity contribution in [2.75, 3.05) is 18.0 Å². The Kier molecular flexibility index (Phi) is 6.39. The molecule has 0 bridgehead atoms. The zero-order valence-electron chi connectivity index (χ0n) is 20.8. The second-order valence-electron chi connectivity index (χ2n) is 9.88. The molecule has 1 aliphatic heterocycles. The maximum absolute atomic E-state index is 13.8. The monoisotopic (exact) mass is 526 g/mol. The van der Waals surface area contributed by atoms with E-state index in [2.05, 4.69) is 30.8 Å². The predicted molar refractivity (Wildman–Crippen MR) is 135 cm³/mol. The van der Waals surface area contributed by atoms with Gasteiger partial charge in [-0.2, -0.15) is 13.2 Å². The summed E-state index contributed by atoms with van der Waals surface area (Å²) in [6, 6.07) is 2.94. The van der Waals surface area contributed by atoms with Crippen molar-refractivity contribution < 1.29 is 22.7 Å². The lowest BCUT2D eigenvalue weighted by Gasteiger charge is -2.33.